The van der Waals surface area contributed by atoms with E-state index in [-0.39, 0.29) is 0 Å². The quantitative estimate of drug-likeness (QED) is 0.545. The topological polar surface area (TPSA) is 12.4 Å². The van der Waals surface area contributed by atoms with Gasteiger partial charge in [-0.05, 0) is 42.2 Å². The molecule has 2 rings (SSSR count). The lowest BCUT2D eigenvalue weighted by Crippen LogP contribution is -1.95. The minimum atomic E-state index is 0.990. The highest BCUT2D eigenvalue weighted by Gasteiger charge is 1.98. The van der Waals surface area contributed by atoms with Gasteiger partial charge in [0.15, 0.2) is 0 Å². The van der Waals surface area contributed by atoms with Crippen molar-refractivity contribution in [2.75, 3.05) is 7.05 Å². The Morgan fingerprint density at radius 2 is 1.62 bits per heavy atom. The Bertz CT molecular complexity index is 676. The van der Waals surface area contributed by atoms with Crippen molar-refractivity contribution in [2.24, 2.45) is 4.99 Å². The Labute approximate surface area is 127 Å². The van der Waals surface area contributed by atoms with E-state index in [0.29, 0.717) is 0 Å². The summed E-state index contributed by atoms with van der Waals surface area (Å²) in [6.45, 7) is 4.28. The van der Waals surface area contributed by atoms with Gasteiger partial charge in [-0.2, -0.15) is 0 Å². The molecule has 0 radical (unpaired) electrons. The van der Waals surface area contributed by atoms with E-state index in [4.69, 9.17) is 0 Å². The number of allylic oxidation sites excluding steroid dienone is 4. The van der Waals surface area contributed by atoms with Crippen molar-refractivity contribution >= 4 is 11.3 Å². The first-order chi connectivity index (χ1) is 10.2. The highest BCUT2D eigenvalue weighted by molar-refractivity contribution is 6.08. The van der Waals surface area contributed by atoms with E-state index < -0.39 is 0 Å². The Morgan fingerprint density at radius 3 is 2.29 bits per heavy atom. The molecule has 0 saturated heterocycles. The van der Waals surface area contributed by atoms with Crippen LogP contribution in [-0.2, 0) is 0 Å². The fourth-order valence-electron chi connectivity index (χ4n) is 2.30. The summed E-state index contributed by atoms with van der Waals surface area (Å²) in [4.78, 5) is 4.35. The van der Waals surface area contributed by atoms with Gasteiger partial charge in [-0.15, -0.1) is 0 Å². The van der Waals surface area contributed by atoms with Gasteiger partial charge in [0.25, 0.3) is 0 Å². The molecule has 0 aromatic heterocycles. The fraction of sp³-hybridized carbons (Fsp3) is 0.150. The zero-order chi connectivity index (χ0) is 15.1. The third kappa shape index (κ3) is 4.03. The first-order valence-electron chi connectivity index (χ1n) is 7.15. The van der Waals surface area contributed by atoms with Gasteiger partial charge in [-0.25, -0.2) is 0 Å². The maximum atomic E-state index is 4.35. The van der Waals surface area contributed by atoms with Crippen LogP contribution in [0.1, 0.15) is 23.6 Å². The van der Waals surface area contributed by atoms with Crippen LogP contribution in [0.4, 0.5) is 0 Å². The van der Waals surface area contributed by atoms with Crippen LogP contribution in [0.15, 0.2) is 77.8 Å². The molecule has 0 spiro atoms. The number of rotatable bonds is 4. The third-order valence-electron chi connectivity index (χ3n) is 3.48. The number of nitrogens with zero attached hydrogens (tertiary/aromatic N) is 1. The van der Waals surface area contributed by atoms with E-state index in [1.54, 1.807) is 0 Å². The average Bonchev–Trinajstić information content (AvgIpc) is 2.52. The molecule has 1 heteroatoms. The number of hydrogen-bond donors (Lipinski definition) is 0. The number of benzene rings is 2. The van der Waals surface area contributed by atoms with Crippen molar-refractivity contribution in [3.63, 3.8) is 0 Å². The Kier molecular flexibility index (Phi) is 5.28. The summed E-state index contributed by atoms with van der Waals surface area (Å²) < 4.78 is 0. The summed E-state index contributed by atoms with van der Waals surface area (Å²) in [5, 5.41) is 0. The minimum absolute atomic E-state index is 0.990. The summed E-state index contributed by atoms with van der Waals surface area (Å²) in [5.41, 5.74) is 5.97. The third-order valence-corrected chi connectivity index (χ3v) is 3.48. The summed E-state index contributed by atoms with van der Waals surface area (Å²) in [5.74, 6) is 0. The van der Waals surface area contributed by atoms with Crippen molar-refractivity contribution in [1.82, 2.24) is 0 Å². The predicted molar refractivity (Wildman–Crippen MR) is 92.9 cm³/mol. The van der Waals surface area contributed by atoms with Crippen molar-refractivity contribution in [3.05, 3.63) is 89.5 Å². The zero-order valence-electron chi connectivity index (χ0n) is 12.9. The first-order valence-corrected chi connectivity index (χ1v) is 7.15. The van der Waals surface area contributed by atoms with Gasteiger partial charge < -0.3 is 0 Å². The maximum Gasteiger partial charge on any atom is 0.0643 e. The molecule has 0 saturated carbocycles. The van der Waals surface area contributed by atoms with E-state index in [1.165, 1.54) is 16.7 Å². The van der Waals surface area contributed by atoms with Gasteiger partial charge in [0.2, 0.25) is 0 Å². The van der Waals surface area contributed by atoms with Crippen LogP contribution in [0.3, 0.4) is 0 Å². The molecule has 21 heavy (non-hydrogen) atoms. The van der Waals surface area contributed by atoms with E-state index in [1.807, 2.05) is 25.2 Å². The highest BCUT2D eigenvalue weighted by Crippen LogP contribution is 2.17. The van der Waals surface area contributed by atoms with E-state index >= 15 is 0 Å². The van der Waals surface area contributed by atoms with Gasteiger partial charge in [0.05, 0.1) is 5.71 Å². The van der Waals surface area contributed by atoms with Crippen LogP contribution in [-0.4, -0.2) is 12.8 Å². The largest absolute Gasteiger partial charge is 0.288 e. The standard InChI is InChI=1S/C20H21N/c1-16-10-7-8-14-19(16)17(2)11-9-15-20(21-3)18-12-5-4-6-13-18/h4-15H,1-3H3/b15-9-,17-11+,21-20?. The first kappa shape index (κ1) is 15.0. The van der Waals surface area contributed by atoms with E-state index in [2.05, 4.69) is 73.5 Å². The minimum Gasteiger partial charge on any atom is -0.288 e. The molecule has 0 N–H and O–H groups in total. The molecule has 0 amide bonds. The second-order valence-electron chi connectivity index (χ2n) is 5.00. The Hall–Kier alpha value is -2.41. The molecule has 0 atom stereocenters. The van der Waals surface area contributed by atoms with Crippen LogP contribution in [0.25, 0.3) is 5.57 Å². The lowest BCUT2D eigenvalue weighted by molar-refractivity contribution is 1.41. The van der Waals surface area contributed by atoms with E-state index in [0.717, 1.165) is 11.3 Å². The molecule has 2 aromatic carbocycles. The zero-order valence-corrected chi connectivity index (χ0v) is 12.9. The highest BCUT2D eigenvalue weighted by atomic mass is 14.7. The summed E-state index contributed by atoms with van der Waals surface area (Å²) in [7, 11) is 1.82. The number of aliphatic imine (C=N–C) groups is 1. The lowest BCUT2D eigenvalue weighted by atomic mass is 10.0. The molecule has 0 aliphatic rings. The van der Waals surface area contributed by atoms with Gasteiger partial charge in [0.1, 0.15) is 0 Å². The van der Waals surface area contributed by atoms with Crippen LogP contribution in [0, 0.1) is 6.92 Å². The summed E-state index contributed by atoms with van der Waals surface area (Å²) in [6.07, 6.45) is 6.25. The average molecular weight is 275 g/mol. The van der Waals surface area contributed by atoms with Crippen molar-refractivity contribution < 1.29 is 0 Å². The molecular formula is C20H21N. The number of aryl methyl sites for hydroxylation is 1. The SMILES string of the molecule is CN=C(/C=C\C=C(/C)c1ccccc1C)c1ccccc1. The molecule has 0 aliphatic carbocycles. The van der Waals surface area contributed by atoms with Gasteiger partial charge in [-0.3, -0.25) is 4.99 Å². The second kappa shape index (κ2) is 7.39. The molecule has 0 heterocycles. The smallest absolute Gasteiger partial charge is 0.0643 e. The molecule has 1 nitrogen and oxygen atoms in total. The van der Waals surface area contributed by atoms with Crippen LogP contribution < -0.4 is 0 Å². The molecule has 2 aromatic rings. The Balaban J connectivity index is 2.18. The van der Waals surface area contributed by atoms with Crippen molar-refractivity contribution in [3.8, 4) is 0 Å². The molecule has 0 unspecified atom stereocenters. The summed E-state index contributed by atoms with van der Waals surface area (Å²) in [6, 6.07) is 18.7. The lowest BCUT2D eigenvalue weighted by Gasteiger charge is -2.04. The molecule has 0 fully saturated rings. The van der Waals surface area contributed by atoms with Gasteiger partial charge >= 0.3 is 0 Å². The second-order valence-corrected chi connectivity index (χ2v) is 5.00. The summed E-state index contributed by atoms with van der Waals surface area (Å²) >= 11 is 0. The molecular weight excluding hydrogens is 254 g/mol. The fourth-order valence-corrected chi connectivity index (χ4v) is 2.30. The molecule has 0 bridgehead atoms. The number of hydrogen-bond acceptors (Lipinski definition) is 1. The van der Waals surface area contributed by atoms with Crippen molar-refractivity contribution in [1.29, 1.82) is 0 Å². The molecule has 0 aliphatic heterocycles. The monoisotopic (exact) mass is 275 g/mol. The maximum absolute atomic E-state index is 4.35. The molecule has 106 valence electrons. The van der Waals surface area contributed by atoms with Gasteiger partial charge in [0, 0.05) is 7.05 Å². The normalized spacial score (nSPS) is 12.9. The van der Waals surface area contributed by atoms with Crippen molar-refractivity contribution in [2.45, 2.75) is 13.8 Å². The Morgan fingerprint density at radius 1 is 0.952 bits per heavy atom. The predicted octanol–water partition coefficient (Wildman–Crippen LogP) is 5.07. The van der Waals surface area contributed by atoms with Gasteiger partial charge in [-0.1, -0.05) is 66.7 Å². The van der Waals surface area contributed by atoms with Crippen LogP contribution >= 0.6 is 0 Å². The van der Waals surface area contributed by atoms with Crippen LogP contribution in [0.5, 0.6) is 0 Å². The van der Waals surface area contributed by atoms with E-state index in [9.17, 15) is 0 Å². The van der Waals surface area contributed by atoms with Crippen LogP contribution in [0.2, 0.25) is 0 Å².